The minimum atomic E-state index is -0.415. The lowest BCUT2D eigenvalue weighted by molar-refractivity contribution is -0.126. The first-order valence-electron chi connectivity index (χ1n) is 9.85. The van der Waals surface area contributed by atoms with Gasteiger partial charge in [-0.15, -0.1) is 0 Å². The number of hydrazine groups is 1. The summed E-state index contributed by atoms with van der Waals surface area (Å²) < 4.78 is 0. The van der Waals surface area contributed by atoms with Crippen LogP contribution >= 0.6 is 11.6 Å². The minimum Gasteiger partial charge on any atom is -0.274 e. The molecule has 3 atom stereocenters. The van der Waals surface area contributed by atoms with Crippen LogP contribution in [0, 0.1) is 5.92 Å². The number of hydrogen-bond donors (Lipinski definition) is 0. The molecule has 3 aliphatic rings. The van der Waals surface area contributed by atoms with Crippen LogP contribution in [0.1, 0.15) is 30.5 Å². The van der Waals surface area contributed by atoms with Crippen LogP contribution in [0.15, 0.2) is 48.5 Å². The number of aryl methyl sites for hydroxylation is 1. The molecule has 0 radical (unpaired) electrons. The molecule has 0 bridgehead atoms. The van der Waals surface area contributed by atoms with Crippen molar-refractivity contribution in [3.8, 4) is 0 Å². The number of nitrogens with zero attached hydrogens (tertiary/aromatic N) is 3. The maximum absolute atomic E-state index is 13.5. The minimum absolute atomic E-state index is 0.103. The quantitative estimate of drug-likeness (QED) is 0.747. The molecule has 0 saturated carbocycles. The molecule has 0 unspecified atom stereocenters. The summed E-state index contributed by atoms with van der Waals surface area (Å²) in [4.78, 5) is 28.2. The van der Waals surface area contributed by atoms with E-state index in [9.17, 15) is 9.59 Å². The molecule has 2 amide bonds. The van der Waals surface area contributed by atoms with Gasteiger partial charge < -0.3 is 0 Å². The second-order valence-corrected chi connectivity index (χ2v) is 8.12. The summed E-state index contributed by atoms with van der Waals surface area (Å²) in [7, 11) is 0. The number of carbonyl (C=O) groups excluding carboxylic acids is 2. The number of halogens is 1. The topological polar surface area (TPSA) is 43.9 Å². The predicted molar refractivity (Wildman–Crippen MR) is 108 cm³/mol. The van der Waals surface area contributed by atoms with Crippen LogP contribution in [-0.2, 0) is 16.0 Å². The zero-order valence-electron chi connectivity index (χ0n) is 15.7. The zero-order valence-corrected chi connectivity index (χ0v) is 16.5. The van der Waals surface area contributed by atoms with Gasteiger partial charge in [0, 0.05) is 18.1 Å². The Morgan fingerprint density at radius 3 is 2.18 bits per heavy atom. The molecule has 0 spiro atoms. The molecule has 5 nitrogen and oxygen atoms in total. The van der Waals surface area contributed by atoms with Crippen LogP contribution in [0.4, 0.5) is 5.69 Å². The van der Waals surface area contributed by atoms with Crippen molar-refractivity contribution >= 4 is 29.1 Å². The molecule has 2 aromatic rings. The fourth-order valence-corrected chi connectivity index (χ4v) is 5.03. The van der Waals surface area contributed by atoms with E-state index in [1.54, 1.807) is 0 Å². The maximum Gasteiger partial charge on any atom is 0.253 e. The summed E-state index contributed by atoms with van der Waals surface area (Å²) in [6, 6.07) is 14.9. The molecule has 3 heterocycles. The highest BCUT2D eigenvalue weighted by Gasteiger charge is 2.62. The molecular weight excluding hydrogens is 374 g/mol. The van der Waals surface area contributed by atoms with Crippen LogP contribution < -0.4 is 4.90 Å². The molecule has 0 aromatic heterocycles. The number of hydrogen-bond acceptors (Lipinski definition) is 4. The summed E-state index contributed by atoms with van der Waals surface area (Å²) in [5.41, 5.74) is 2.89. The molecular formula is C22H22ClN3O2. The Morgan fingerprint density at radius 1 is 0.893 bits per heavy atom. The standard InChI is InChI=1S/C22H22ClN3O2/c1-2-14-4-10-17(11-5-14)26-21(27)18-19(15-6-8-16(23)9-7-15)24-12-3-13-25(24)20(18)22(26)28/h4-11,18-20H,2-3,12-13H2,1H3/t18-,19+,20-/m0/s1. The first-order chi connectivity index (χ1) is 13.6. The van der Waals surface area contributed by atoms with Gasteiger partial charge in [0.1, 0.15) is 6.04 Å². The number of amides is 2. The molecule has 2 aromatic carbocycles. The third-order valence-electron chi connectivity index (χ3n) is 6.22. The largest absolute Gasteiger partial charge is 0.274 e. The molecule has 144 valence electrons. The van der Waals surface area contributed by atoms with Gasteiger partial charge in [0.25, 0.3) is 5.91 Å². The normalized spacial score (nSPS) is 27.5. The Labute approximate surface area is 169 Å². The van der Waals surface area contributed by atoms with Crippen LogP contribution in [0.3, 0.4) is 0 Å². The number of fused-ring (bicyclic) bond motifs is 3. The van der Waals surface area contributed by atoms with Gasteiger partial charge in [0.15, 0.2) is 0 Å². The van der Waals surface area contributed by atoms with Crippen LogP contribution in [0.25, 0.3) is 0 Å². The second kappa shape index (κ2) is 6.69. The van der Waals surface area contributed by atoms with Crippen molar-refractivity contribution in [1.82, 2.24) is 10.0 Å². The Kier molecular flexibility index (Phi) is 4.27. The third kappa shape index (κ3) is 2.54. The SMILES string of the molecule is CCc1ccc(N2C(=O)[C@@H]3[C@@H](C2=O)N2CCCN2[C@@H]3c2ccc(Cl)cc2)cc1. The Hall–Kier alpha value is -2.21. The highest BCUT2D eigenvalue weighted by molar-refractivity contribution is 6.30. The highest BCUT2D eigenvalue weighted by Crippen LogP contribution is 2.48. The van der Waals surface area contributed by atoms with Gasteiger partial charge in [-0.05, 0) is 48.2 Å². The number of benzene rings is 2. The van der Waals surface area contributed by atoms with E-state index in [1.807, 2.05) is 48.5 Å². The number of rotatable bonds is 3. The van der Waals surface area contributed by atoms with Crippen molar-refractivity contribution in [2.24, 2.45) is 5.92 Å². The van der Waals surface area contributed by atoms with E-state index >= 15 is 0 Å². The molecule has 3 aliphatic heterocycles. The Balaban J connectivity index is 1.55. The van der Waals surface area contributed by atoms with Crippen molar-refractivity contribution in [3.05, 3.63) is 64.7 Å². The van der Waals surface area contributed by atoms with Crippen molar-refractivity contribution in [2.75, 3.05) is 18.0 Å². The van der Waals surface area contributed by atoms with E-state index in [0.29, 0.717) is 10.7 Å². The molecule has 6 heteroatoms. The van der Waals surface area contributed by atoms with Crippen molar-refractivity contribution < 1.29 is 9.59 Å². The molecule has 28 heavy (non-hydrogen) atoms. The van der Waals surface area contributed by atoms with Gasteiger partial charge in [-0.3, -0.25) is 9.59 Å². The van der Waals surface area contributed by atoms with Gasteiger partial charge in [0.2, 0.25) is 5.91 Å². The zero-order chi connectivity index (χ0) is 19.4. The summed E-state index contributed by atoms with van der Waals surface area (Å²) in [6.07, 6.45) is 1.93. The van der Waals surface area contributed by atoms with Crippen molar-refractivity contribution in [1.29, 1.82) is 0 Å². The summed E-state index contributed by atoms with van der Waals surface area (Å²) >= 11 is 6.07. The fraction of sp³-hybridized carbons (Fsp3) is 0.364. The highest BCUT2D eigenvalue weighted by atomic mass is 35.5. The molecule has 5 rings (SSSR count). The maximum atomic E-state index is 13.5. The summed E-state index contributed by atoms with van der Waals surface area (Å²) in [6.45, 7) is 3.77. The van der Waals surface area contributed by atoms with Crippen LogP contribution in [-0.4, -0.2) is 41.0 Å². The fourth-order valence-electron chi connectivity index (χ4n) is 4.91. The summed E-state index contributed by atoms with van der Waals surface area (Å²) in [5, 5.41) is 5.00. The van der Waals surface area contributed by atoms with Gasteiger partial charge >= 0.3 is 0 Å². The van der Waals surface area contributed by atoms with Crippen molar-refractivity contribution in [3.63, 3.8) is 0 Å². The van der Waals surface area contributed by atoms with Crippen LogP contribution in [0.5, 0.6) is 0 Å². The van der Waals surface area contributed by atoms with Gasteiger partial charge in [-0.1, -0.05) is 42.8 Å². The van der Waals surface area contributed by atoms with Crippen molar-refractivity contribution in [2.45, 2.75) is 31.8 Å². The summed E-state index contributed by atoms with van der Waals surface area (Å²) in [5.74, 6) is -0.601. The van der Waals surface area contributed by atoms with E-state index in [0.717, 1.165) is 31.5 Å². The van der Waals surface area contributed by atoms with E-state index in [1.165, 1.54) is 10.5 Å². The molecule has 3 fully saturated rings. The second-order valence-electron chi connectivity index (χ2n) is 7.68. The number of anilines is 1. The lowest BCUT2D eigenvalue weighted by atomic mass is 9.90. The van der Waals surface area contributed by atoms with Gasteiger partial charge in [0.05, 0.1) is 17.6 Å². The van der Waals surface area contributed by atoms with Gasteiger partial charge in [-0.2, -0.15) is 0 Å². The number of imide groups is 1. The van der Waals surface area contributed by atoms with E-state index < -0.39 is 6.04 Å². The van der Waals surface area contributed by atoms with E-state index in [4.69, 9.17) is 11.6 Å². The Morgan fingerprint density at radius 2 is 1.54 bits per heavy atom. The molecule has 3 saturated heterocycles. The smallest absolute Gasteiger partial charge is 0.253 e. The predicted octanol–water partition coefficient (Wildman–Crippen LogP) is 3.44. The van der Waals surface area contributed by atoms with E-state index in [2.05, 4.69) is 16.9 Å². The first kappa shape index (κ1) is 17.9. The van der Waals surface area contributed by atoms with E-state index in [-0.39, 0.29) is 23.8 Å². The lowest BCUT2D eigenvalue weighted by Gasteiger charge is -2.29. The average molecular weight is 396 g/mol. The molecule has 0 aliphatic carbocycles. The third-order valence-corrected chi connectivity index (χ3v) is 6.47. The Bertz CT molecular complexity index is 928. The lowest BCUT2D eigenvalue weighted by Crippen LogP contribution is -2.44. The average Bonchev–Trinajstić information content (AvgIpc) is 3.35. The first-order valence-corrected chi connectivity index (χ1v) is 10.2. The molecule has 0 N–H and O–H groups in total. The van der Waals surface area contributed by atoms with Crippen LogP contribution in [0.2, 0.25) is 5.02 Å². The number of carbonyl (C=O) groups is 2. The monoisotopic (exact) mass is 395 g/mol. The van der Waals surface area contributed by atoms with Gasteiger partial charge in [-0.25, -0.2) is 14.9 Å².